The largest absolute Gasteiger partial charge is 0.354 e. The smallest absolute Gasteiger partial charge is 0.229 e. The maximum absolute atomic E-state index is 6.05. The molecule has 1 fully saturated rings. The number of nitrogens with zero attached hydrogens (tertiary/aromatic N) is 4. The summed E-state index contributed by atoms with van der Waals surface area (Å²) in [5.41, 5.74) is 1.70. The molecule has 0 atom stereocenters. The van der Waals surface area contributed by atoms with Gasteiger partial charge in [-0.1, -0.05) is 30.1 Å². The first kappa shape index (κ1) is 17.3. The molecule has 0 saturated carbocycles. The molecule has 2 aromatic rings. The first-order valence-corrected chi connectivity index (χ1v) is 8.85. The van der Waals surface area contributed by atoms with Crippen molar-refractivity contribution in [1.82, 2.24) is 14.9 Å². The molecule has 1 saturated heterocycles. The van der Waals surface area contributed by atoms with Crippen LogP contribution in [0.1, 0.15) is 12.6 Å². The molecule has 1 aromatic carbocycles. The second kappa shape index (κ2) is 7.55. The summed E-state index contributed by atoms with van der Waals surface area (Å²) in [6.07, 6.45) is 0. The predicted molar refractivity (Wildman–Crippen MR) is 101 cm³/mol. The number of anilines is 3. The van der Waals surface area contributed by atoms with E-state index in [0.29, 0.717) is 16.0 Å². The molecular weight excluding hydrogens is 345 g/mol. The normalized spacial score (nSPS) is 15.6. The molecule has 7 heteroatoms. The summed E-state index contributed by atoms with van der Waals surface area (Å²) in [6.45, 7) is 9.35. The van der Waals surface area contributed by atoms with Gasteiger partial charge in [0.15, 0.2) is 0 Å². The van der Waals surface area contributed by atoms with E-state index in [1.165, 1.54) is 0 Å². The Balaban J connectivity index is 1.79. The predicted octanol–water partition coefficient (Wildman–Crippen LogP) is 3.98. The summed E-state index contributed by atoms with van der Waals surface area (Å²) in [6, 6.07) is 7.33. The molecule has 128 valence electrons. The third-order valence-corrected chi connectivity index (χ3v) is 4.54. The van der Waals surface area contributed by atoms with Gasteiger partial charge in [-0.05, 0) is 31.7 Å². The fourth-order valence-electron chi connectivity index (χ4n) is 2.82. The average Bonchev–Trinajstić information content (AvgIpc) is 2.53. The van der Waals surface area contributed by atoms with Crippen molar-refractivity contribution in [2.45, 2.75) is 13.8 Å². The van der Waals surface area contributed by atoms with Crippen molar-refractivity contribution in [3.63, 3.8) is 0 Å². The van der Waals surface area contributed by atoms with E-state index in [0.717, 1.165) is 49.9 Å². The number of halogens is 2. The van der Waals surface area contributed by atoms with E-state index in [1.807, 2.05) is 13.0 Å². The minimum Gasteiger partial charge on any atom is -0.354 e. The fraction of sp³-hybridized carbons (Fsp3) is 0.412. The Labute approximate surface area is 152 Å². The number of hydrogen-bond acceptors (Lipinski definition) is 5. The molecule has 0 spiro atoms. The van der Waals surface area contributed by atoms with Gasteiger partial charge in [0, 0.05) is 53.7 Å². The van der Waals surface area contributed by atoms with Crippen LogP contribution in [0.2, 0.25) is 10.0 Å². The molecule has 0 aliphatic carbocycles. The maximum atomic E-state index is 6.05. The molecule has 0 unspecified atom stereocenters. The fourth-order valence-corrected chi connectivity index (χ4v) is 3.34. The maximum Gasteiger partial charge on any atom is 0.229 e. The number of likely N-dealkylation sites (N-methyl/N-ethyl adjacent to an activating group) is 1. The van der Waals surface area contributed by atoms with Crippen molar-refractivity contribution in [2.24, 2.45) is 0 Å². The van der Waals surface area contributed by atoms with E-state index in [2.05, 4.69) is 32.0 Å². The number of rotatable bonds is 4. The summed E-state index contributed by atoms with van der Waals surface area (Å²) in [4.78, 5) is 13.9. The van der Waals surface area contributed by atoms with E-state index in [4.69, 9.17) is 23.2 Å². The Bertz CT molecular complexity index is 694. The topological polar surface area (TPSA) is 44.3 Å². The van der Waals surface area contributed by atoms with Crippen LogP contribution in [0.3, 0.4) is 0 Å². The highest BCUT2D eigenvalue weighted by Crippen LogP contribution is 2.25. The van der Waals surface area contributed by atoms with Gasteiger partial charge in [0.2, 0.25) is 5.95 Å². The van der Waals surface area contributed by atoms with Gasteiger partial charge in [0.05, 0.1) is 0 Å². The van der Waals surface area contributed by atoms with Crippen LogP contribution in [-0.4, -0.2) is 47.6 Å². The summed E-state index contributed by atoms with van der Waals surface area (Å²) in [7, 11) is 0. The lowest BCUT2D eigenvalue weighted by molar-refractivity contribution is 0.270. The summed E-state index contributed by atoms with van der Waals surface area (Å²) < 4.78 is 0. The molecule has 2 heterocycles. The van der Waals surface area contributed by atoms with Crippen LogP contribution in [0.15, 0.2) is 24.3 Å². The number of benzene rings is 1. The van der Waals surface area contributed by atoms with Gasteiger partial charge in [-0.25, -0.2) is 4.98 Å². The van der Waals surface area contributed by atoms with Crippen molar-refractivity contribution in [1.29, 1.82) is 0 Å². The van der Waals surface area contributed by atoms with Gasteiger partial charge in [0.25, 0.3) is 0 Å². The minimum absolute atomic E-state index is 0.557. The van der Waals surface area contributed by atoms with Crippen LogP contribution >= 0.6 is 23.2 Å². The molecular formula is C17H21Cl2N5. The Morgan fingerprint density at radius 1 is 1.00 bits per heavy atom. The minimum atomic E-state index is 0.557. The van der Waals surface area contributed by atoms with Gasteiger partial charge < -0.3 is 15.1 Å². The average molecular weight is 366 g/mol. The Morgan fingerprint density at radius 3 is 2.29 bits per heavy atom. The monoisotopic (exact) mass is 365 g/mol. The van der Waals surface area contributed by atoms with Crippen LogP contribution in [0.4, 0.5) is 17.5 Å². The zero-order valence-corrected chi connectivity index (χ0v) is 15.4. The summed E-state index contributed by atoms with van der Waals surface area (Å²) in [5.74, 6) is 1.51. The lowest BCUT2D eigenvalue weighted by atomic mass is 10.3. The highest BCUT2D eigenvalue weighted by atomic mass is 35.5. The molecule has 3 rings (SSSR count). The molecule has 5 nitrogen and oxygen atoms in total. The third kappa shape index (κ3) is 4.29. The summed E-state index contributed by atoms with van der Waals surface area (Å²) >= 11 is 12.1. The highest BCUT2D eigenvalue weighted by molar-refractivity contribution is 6.35. The number of aryl methyl sites for hydroxylation is 1. The van der Waals surface area contributed by atoms with Crippen LogP contribution in [0.5, 0.6) is 0 Å². The molecule has 24 heavy (non-hydrogen) atoms. The third-order valence-electron chi connectivity index (χ3n) is 4.10. The van der Waals surface area contributed by atoms with Crippen LogP contribution in [-0.2, 0) is 0 Å². The summed E-state index contributed by atoms with van der Waals surface area (Å²) in [5, 5.41) is 4.35. The van der Waals surface area contributed by atoms with Crippen molar-refractivity contribution in [3.05, 3.63) is 40.0 Å². The molecule has 0 bridgehead atoms. The van der Waals surface area contributed by atoms with Crippen molar-refractivity contribution >= 4 is 40.7 Å². The van der Waals surface area contributed by atoms with Gasteiger partial charge in [-0.3, -0.25) is 0 Å². The standard InChI is InChI=1S/C17H21Cl2N5/c1-3-23-4-6-24(7-5-23)16-8-12(2)20-17(22-16)21-15-10-13(18)9-14(19)11-15/h8-11H,3-7H2,1-2H3,(H,20,21,22). The lowest BCUT2D eigenvalue weighted by Gasteiger charge is -2.34. The van der Waals surface area contributed by atoms with E-state index in [9.17, 15) is 0 Å². The molecule has 0 radical (unpaired) electrons. The number of hydrogen-bond donors (Lipinski definition) is 1. The van der Waals surface area contributed by atoms with Gasteiger partial charge in [-0.2, -0.15) is 4.98 Å². The Kier molecular flexibility index (Phi) is 5.43. The zero-order chi connectivity index (χ0) is 17.1. The van der Waals surface area contributed by atoms with Gasteiger partial charge >= 0.3 is 0 Å². The Hall–Kier alpha value is -1.56. The van der Waals surface area contributed by atoms with Crippen LogP contribution in [0, 0.1) is 6.92 Å². The molecule has 1 aromatic heterocycles. The van der Waals surface area contributed by atoms with Crippen molar-refractivity contribution in [3.8, 4) is 0 Å². The second-order valence-electron chi connectivity index (χ2n) is 5.90. The molecule has 1 aliphatic rings. The SMILES string of the molecule is CCN1CCN(c2cc(C)nc(Nc3cc(Cl)cc(Cl)c3)n2)CC1. The molecule has 1 N–H and O–H groups in total. The van der Waals surface area contributed by atoms with Crippen LogP contribution < -0.4 is 10.2 Å². The van der Waals surface area contributed by atoms with Crippen LogP contribution in [0.25, 0.3) is 0 Å². The first-order valence-electron chi connectivity index (χ1n) is 8.09. The number of aromatic nitrogens is 2. The van der Waals surface area contributed by atoms with Gasteiger partial charge in [0.1, 0.15) is 5.82 Å². The lowest BCUT2D eigenvalue weighted by Crippen LogP contribution is -2.46. The zero-order valence-electron chi connectivity index (χ0n) is 13.9. The number of nitrogens with one attached hydrogen (secondary N) is 1. The highest BCUT2D eigenvalue weighted by Gasteiger charge is 2.18. The van der Waals surface area contributed by atoms with E-state index in [1.54, 1.807) is 18.2 Å². The van der Waals surface area contributed by atoms with E-state index < -0.39 is 0 Å². The van der Waals surface area contributed by atoms with Crippen molar-refractivity contribution in [2.75, 3.05) is 42.9 Å². The Morgan fingerprint density at radius 2 is 1.67 bits per heavy atom. The van der Waals surface area contributed by atoms with Gasteiger partial charge in [-0.15, -0.1) is 0 Å². The second-order valence-corrected chi connectivity index (χ2v) is 6.77. The number of piperazine rings is 1. The van der Waals surface area contributed by atoms with Crippen molar-refractivity contribution < 1.29 is 0 Å². The molecule has 1 aliphatic heterocycles. The quantitative estimate of drug-likeness (QED) is 0.887. The molecule has 0 amide bonds. The first-order chi connectivity index (χ1) is 11.5. The van der Waals surface area contributed by atoms with E-state index in [-0.39, 0.29) is 0 Å². The van der Waals surface area contributed by atoms with E-state index >= 15 is 0 Å².